The zero-order valence-electron chi connectivity index (χ0n) is 16.5. The lowest BCUT2D eigenvalue weighted by Gasteiger charge is -2.36. The second-order valence-corrected chi connectivity index (χ2v) is 6.99. The molecule has 1 aliphatic rings. The molecule has 0 aromatic heterocycles. The summed E-state index contributed by atoms with van der Waals surface area (Å²) in [5.74, 6) is 0.866. The van der Waals surface area contributed by atoms with Crippen LogP contribution in [-0.2, 0) is 0 Å². The summed E-state index contributed by atoms with van der Waals surface area (Å²) in [6.45, 7) is 6.91. The molecule has 0 unspecified atom stereocenters. The predicted molar refractivity (Wildman–Crippen MR) is 113 cm³/mol. The minimum atomic E-state index is -0.225. The van der Waals surface area contributed by atoms with E-state index in [-0.39, 0.29) is 5.91 Å². The number of anilines is 2. The molecule has 0 spiro atoms. The Morgan fingerprint density at radius 1 is 1.07 bits per heavy atom. The van der Waals surface area contributed by atoms with Crippen molar-refractivity contribution < 1.29 is 14.3 Å². The highest BCUT2D eigenvalue weighted by molar-refractivity contribution is 6.34. The van der Waals surface area contributed by atoms with Gasteiger partial charge in [-0.3, -0.25) is 4.79 Å². The van der Waals surface area contributed by atoms with E-state index in [1.165, 1.54) is 0 Å². The quantitative estimate of drug-likeness (QED) is 0.796. The van der Waals surface area contributed by atoms with Crippen molar-refractivity contribution in [2.75, 3.05) is 57.2 Å². The molecule has 0 saturated carbocycles. The molecule has 28 heavy (non-hydrogen) atoms. The maximum atomic E-state index is 12.8. The zero-order chi connectivity index (χ0) is 20.1. The molecule has 0 aliphatic carbocycles. The number of carbonyl (C=O) groups excluding carboxylic acids is 1. The molecule has 1 heterocycles. The number of nitrogens with one attached hydrogen (secondary N) is 1. The van der Waals surface area contributed by atoms with Crippen LogP contribution < -0.4 is 19.7 Å². The minimum Gasteiger partial charge on any atom is -0.493 e. The summed E-state index contributed by atoms with van der Waals surface area (Å²) in [6, 6.07) is 10.7. The predicted octanol–water partition coefficient (Wildman–Crippen LogP) is 3.75. The third kappa shape index (κ3) is 4.34. The Kier molecular flexibility index (Phi) is 6.65. The van der Waals surface area contributed by atoms with Crippen LogP contribution in [0, 0.1) is 0 Å². The van der Waals surface area contributed by atoms with E-state index in [0.717, 1.165) is 38.4 Å². The van der Waals surface area contributed by atoms with Gasteiger partial charge in [0.05, 0.1) is 30.6 Å². The van der Waals surface area contributed by atoms with E-state index in [1.807, 2.05) is 18.2 Å². The highest BCUT2D eigenvalue weighted by Crippen LogP contribution is 2.35. The number of hydrogen-bond acceptors (Lipinski definition) is 5. The Labute approximate surface area is 171 Å². The summed E-state index contributed by atoms with van der Waals surface area (Å²) in [6.07, 6.45) is 0. The van der Waals surface area contributed by atoms with Gasteiger partial charge in [-0.1, -0.05) is 24.6 Å². The van der Waals surface area contributed by atoms with E-state index in [1.54, 1.807) is 32.4 Å². The number of benzene rings is 2. The smallest absolute Gasteiger partial charge is 0.255 e. The van der Waals surface area contributed by atoms with Gasteiger partial charge in [0, 0.05) is 31.7 Å². The maximum Gasteiger partial charge on any atom is 0.255 e. The third-order valence-electron chi connectivity index (χ3n) is 5.02. The van der Waals surface area contributed by atoms with E-state index >= 15 is 0 Å². The summed E-state index contributed by atoms with van der Waals surface area (Å²) >= 11 is 6.51. The molecule has 6 nitrogen and oxygen atoms in total. The molecule has 1 fully saturated rings. The number of halogens is 1. The monoisotopic (exact) mass is 403 g/mol. The molecule has 150 valence electrons. The Hall–Kier alpha value is -2.44. The molecule has 0 bridgehead atoms. The number of carbonyl (C=O) groups is 1. The first kappa shape index (κ1) is 20.3. The Morgan fingerprint density at radius 3 is 2.43 bits per heavy atom. The van der Waals surface area contributed by atoms with Crippen LogP contribution in [-0.4, -0.2) is 57.8 Å². The van der Waals surface area contributed by atoms with Gasteiger partial charge < -0.3 is 24.6 Å². The van der Waals surface area contributed by atoms with Gasteiger partial charge in [0.1, 0.15) is 0 Å². The van der Waals surface area contributed by atoms with Crippen LogP contribution in [0.3, 0.4) is 0 Å². The van der Waals surface area contributed by atoms with Crippen LogP contribution in [0.2, 0.25) is 5.02 Å². The summed E-state index contributed by atoms with van der Waals surface area (Å²) in [5.41, 5.74) is 2.06. The van der Waals surface area contributed by atoms with Crippen molar-refractivity contribution >= 4 is 28.9 Å². The number of likely N-dealkylation sites (N-methyl/N-ethyl adjacent to an activating group) is 1. The molecule has 2 aromatic rings. The van der Waals surface area contributed by atoms with Gasteiger partial charge in [-0.05, 0) is 36.9 Å². The van der Waals surface area contributed by atoms with Gasteiger partial charge in [0.15, 0.2) is 11.5 Å². The Morgan fingerprint density at radius 2 is 1.79 bits per heavy atom. The fraction of sp³-hybridized carbons (Fsp3) is 0.381. The molecular formula is C21H26ClN3O3. The number of methoxy groups -OCH3 is 2. The molecule has 1 aliphatic heterocycles. The normalized spacial score (nSPS) is 14.6. The van der Waals surface area contributed by atoms with Gasteiger partial charge in [0.2, 0.25) is 0 Å². The van der Waals surface area contributed by atoms with Gasteiger partial charge in [-0.2, -0.15) is 0 Å². The second-order valence-electron chi connectivity index (χ2n) is 6.58. The number of para-hydroxylation sites is 1. The van der Waals surface area contributed by atoms with Gasteiger partial charge >= 0.3 is 0 Å². The van der Waals surface area contributed by atoms with Crippen molar-refractivity contribution in [2.45, 2.75) is 6.92 Å². The highest BCUT2D eigenvalue weighted by atomic mass is 35.5. The van der Waals surface area contributed by atoms with Gasteiger partial charge in [-0.15, -0.1) is 0 Å². The summed E-state index contributed by atoms with van der Waals surface area (Å²) < 4.78 is 10.5. The lowest BCUT2D eigenvalue weighted by Crippen LogP contribution is -2.46. The van der Waals surface area contributed by atoms with E-state index < -0.39 is 0 Å². The minimum absolute atomic E-state index is 0.225. The van der Waals surface area contributed by atoms with Crippen LogP contribution in [0.4, 0.5) is 11.4 Å². The largest absolute Gasteiger partial charge is 0.493 e. The van der Waals surface area contributed by atoms with Crippen molar-refractivity contribution in [3.05, 3.63) is 47.0 Å². The Balaban J connectivity index is 1.83. The average molecular weight is 404 g/mol. The van der Waals surface area contributed by atoms with E-state index in [4.69, 9.17) is 21.1 Å². The van der Waals surface area contributed by atoms with E-state index in [2.05, 4.69) is 22.0 Å². The molecule has 0 atom stereocenters. The fourth-order valence-electron chi connectivity index (χ4n) is 3.40. The summed E-state index contributed by atoms with van der Waals surface area (Å²) in [7, 11) is 3.11. The molecule has 7 heteroatoms. The first-order valence-corrected chi connectivity index (χ1v) is 9.74. The standard InChI is InChI=1S/C21H26ClN3O3/c1-4-24-10-12-25(13-11-24)20-16(22)6-5-7-17(20)23-21(26)15-8-9-18(27-2)19(14-15)28-3/h5-9,14H,4,10-13H2,1-3H3,(H,23,26). The number of piperazine rings is 1. The van der Waals surface area contributed by atoms with Crippen molar-refractivity contribution in [1.82, 2.24) is 4.90 Å². The first-order chi connectivity index (χ1) is 13.6. The van der Waals surface area contributed by atoms with Crippen molar-refractivity contribution in [2.24, 2.45) is 0 Å². The highest BCUT2D eigenvalue weighted by Gasteiger charge is 2.22. The average Bonchev–Trinajstić information content (AvgIpc) is 2.73. The SMILES string of the molecule is CCN1CCN(c2c(Cl)cccc2NC(=O)c2ccc(OC)c(OC)c2)CC1. The van der Waals surface area contributed by atoms with Gasteiger partial charge in [-0.25, -0.2) is 0 Å². The second kappa shape index (κ2) is 9.17. The number of hydrogen-bond donors (Lipinski definition) is 1. The van der Waals surface area contributed by atoms with Crippen LogP contribution in [0.1, 0.15) is 17.3 Å². The summed E-state index contributed by atoms with van der Waals surface area (Å²) in [5, 5.41) is 3.64. The topological polar surface area (TPSA) is 54.0 Å². The molecule has 0 radical (unpaired) electrons. The van der Waals surface area contributed by atoms with E-state index in [0.29, 0.717) is 27.8 Å². The zero-order valence-corrected chi connectivity index (χ0v) is 17.3. The number of amides is 1. The van der Waals surface area contributed by atoms with Crippen LogP contribution in [0.15, 0.2) is 36.4 Å². The van der Waals surface area contributed by atoms with Crippen LogP contribution in [0.5, 0.6) is 11.5 Å². The van der Waals surface area contributed by atoms with Gasteiger partial charge in [0.25, 0.3) is 5.91 Å². The molecule has 1 amide bonds. The molecular weight excluding hydrogens is 378 g/mol. The fourth-order valence-corrected chi connectivity index (χ4v) is 3.69. The first-order valence-electron chi connectivity index (χ1n) is 9.36. The molecule has 2 aromatic carbocycles. The Bertz CT molecular complexity index is 836. The van der Waals surface area contributed by atoms with Crippen molar-refractivity contribution in [3.8, 4) is 11.5 Å². The summed E-state index contributed by atoms with van der Waals surface area (Å²) in [4.78, 5) is 17.5. The number of nitrogens with zero attached hydrogens (tertiary/aromatic N) is 2. The van der Waals surface area contributed by atoms with Crippen LogP contribution >= 0.6 is 11.6 Å². The molecule has 3 rings (SSSR count). The molecule has 1 saturated heterocycles. The van der Waals surface area contributed by atoms with E-state index in [9.17, 15) is 4.79 Å². The van der Waals surface area contributed by atoms with Crippen molar-refractivity contribution in [3.63, 3.8) is 0 Å². The molecule has 1 N–H and O–H groups in total. The number of ether oxygens (including phenoxy) is 2. The van der Waals surface area contributed by atoms with Crippen molar-refractivity contribution in [1.29, 1.82) is 0 Å². The lowest BCUT2D eigenvalue weighted by molar-refractivity contribution is 0.102. The third-order valence-corrected chi connectivity index (χ3v) is 5.32. The van der Waals surface area contributed by atoms with Crippen LogP contribution in [0.25, 0.3) is 0 Å². The maximum absolute atomic E-state index is 12.8. The lowest BCUT2D eigenvalue weighted by atomic mass is 10.1. The number of rotatable bonds is 6.